The summed E-state index contributed by atoms with van der Waals surface area (Å²) in [6, 6.07) is 9.86. The molecule has 1 aromatic carbocycles. The van der Waals surface area contributed by atoms with Gasteiger partial charge in [0.1, 0.15) is 0 Å². The van der Waals surface area contributed by atoms with Crippen LogP contribution >= 0.6 is 0 Å². The number of hydrogen-bond acceptors (Lipinski definition) is 1. The minimum Gasteiger partial charge on any atom is -0.345 e. The van der Waals surface area contributed by atoms with Crippen LogP contribution in [-0.2, 0) is 13.5 Å². The van der Waals surface area contributed by atoms with Gasteiger partial charge in [0.15, 0.2) is 0 Å². The molecule has 0 aliphatic carbocycles. The van der Waals surface area contributed by atoms with Crippen LogP contribution in [0.2, 0.25) is 0 Å². The van der Waals surface area contributed by atoms with Gasteiger partial charge >= 0.3 is 0 Å². The maximum atomic E-state index is 12.6. The van der Waals surface area contributed by atoms with Crippen molar-refractivity contribution < 1.29 is 4.79 Å². The van der Waals surface area contributed by atoms with Gasteiger partial charge in [-0.15, -0.1) is 0 Å². The van der Waals surface area contributed by atoms with Crippen LogP contribution in [0.15, 0.2) is 30.3 Å². The van der Waals surface area contributed by atoms with Gasteiger partial charge in [-0.05, 0) is 37.5 Å². The minimum absolute atomic E-state index is 0.118. The van der Waals surface area contributed by atoms with Crippen LogP contribution in [0.1, 0.15) is 39.8 Å². The van der Waals surface area contributed by atoms with E-state index in [-0.39, 0.29) is 5.78 Å². The molecule has 2 aromatic rings. The van der Waals surface area contributed by atoms with Crippen molar-refractivity contribution in [2.75, 3.05) is 0 Å². The molecule has 0 saturated heterocycles. The first kappa shape index (κ1) is 12.6. The van der Waals surface area contributed by atoms with E-state index in [1.54, 1.807) is 0 Å². The van der Waals surface area contributed by atoms with Gasteiger partial charge in [0.2, 0.25) is 5.78 Å². The molecule has 0 radical (unpaired) electrons. The highest BCUT2D eigenvalue weighted by molar-refractivity contribution is 6.09. The molecule has 94 valence electrons. The van der Waals surface area contributed by atoms with Crippen LogP contribution in [-0.4, -0.2) is 10.4 Å². The Labute approximate surface area is 108 Å². The molecular formula is C16H19NO. The molecule has 0 fully saturated rings. The van der Waals surface area contributed by atoms with Crippen molar-refractivity contribution in [3.05, 3.63) is 58.4 Å². The highest BCUT2D eigenvalue weighted by Crippen LogP contribution is 2.20. The van der Waals surface area contributed by atoms with E-state index in [4.69, 9.17) is 0 Å². The van der Waals surface area contributed by atoms with E-state index in [2.05, 4.69) is 13.0 Å². The summed E-state index contributed by atoms with van der Waals surface area (Å²) in [5.41, 5.74) is 4.89. The van der Waals surface area contributed by atoms with E-state index in [0.29, 0.717) is 0 Å². The van der Waals surface area contributed by atoms with Gasteiger partial charge in [-0.1, -0.05) is 31.2 Å². The third kappa shape index (κ3) is 1.99. The zero-order valence-corrected chi connectivity index (χ0v) is 11.4. The first-order valence-electron chi connectivity index (χ1n) is 6.31. The second-order valence-corrected chi connectivity index (χ2v) is 4.72. The molecule has 1 heterocycles. The van der Waals surface area contributed by atoms with Crippen molar-refractivity contribution in [3.63, 3.8) is 0 Å². The number of aromatic nitrogens is 1. The molecular weight excluding hydrogens is 222 g/mol. The number of carbonyl (C=O) groups is 1. The number of aryl methyl sites for hydroxylation is 3. The fourth-order valence-corrected chi connectivity index (χ4v) is 2.45. The zero-order chi connectivity index (χ0) is 13.3. The molecule has 0 N–H and O–H groups in total. The monoisotopic (exact) mass is 241 g/mol. The summed E-state index contributed by atoms with van der Waals surface area (Å²) in [4.78, 5) is 12.6. The van der Waals surface area contributed by atoms with Crippen LogP contribution in [0.3, 0.4) is 0 Å². The maximum absolute atomic E-state index is 12.6. The average Bonchev–Trinajstić information content (AvgIpc) is 2.64. The number of nitrogens with zero attached hydrogens (tertiary/aromatic N) is 1. The second-order valence-electron chi connectivity index (χ2n) is 4.72. The van der Waals surface area contributed by atoms with Crippen molar-refractivity contribution in [1.82, 2.24) is 4.57 Å². The molecule has 0 saturated carbocycles. The molecule has 2 nitrogen and oxygen atoms in total. The third-order valence-corrected chi connectivity index (χ3v) is 3.49. The Balaban J connectivity index is 2.53. The summed E-state index contributed by atoms with van der Waals surface area (Å²) in [7, 11) is 1.97. The summed E-state index contributed by atoms with van der Waals surface area (Å²) in [6.45, 7) is 6.09. The lowest BCUT2D eigenvalue weighted by atomic mass is 10.0. The van der Waals surface area contributed by atoms with Gasteiger partial charge in [0.05, 0.1) is 5.69 Å². The lowest BCUT2D eigenvalue weighted by molar-refractivity contribution is 0.103. The second kappa shape index (κ2) is 4.81. The zero-order valence-electron chi connectivity index (χ0n) is 11.4. The van der Waals surface area contributed by atoms with Crippen LogP contribution in [0, 0.1) is 13.8 Å². The quantitative estimate of drug-likeness (QED) is 0.754. The Kier molecular flexibility index (Phi) is 3.37. The molecule has 0 amide bonds. The first-order chi connectivity index (χ1) is 8.56. The van der Waals surface area contributed by atoms with Gasteiger partial charge in [-0.25, -0.2) is 0 Å². The Morgan fingerprint density at radius 1 is 1.17 bits per heavy atom. The number of ketones is 1. The first-order valence-corrected chi connectivity index (χ1v) is 6.31. The van der Waals surface area contributed by atoms with E-state index in [0.717, 1.165) is 28.8 Å². The largest absolute Gasteiger partial charge is 0.345 e. The Morgan fingerprint density at radius 2 is 1.83 bits per heavy atom. The van der Waals surface area contributed by atoms with Crippen LogP contribution in [0.4, 0.5) is 0 Å². The Morgan fingerprint density at radius 3 is 2.39 bits per heavy atom. The highest BCUT2D eigenvalue weighted by atomic mass is 16.1. The fourth-order valence-electron chi connectivity index (χ4n) is 2.45. The maximum Gasteiger partial charge on any atom is 0.209 e. The highest BCUT2D eigenvalue weighted by Gasteiger charge is 2.18. The van der Waals surface area contributed by atoms with Crippen LogP contribution in [0.25, 0.3) is 0 Å². The summed E-state index contributed by atoms with van der Waals surface area (Å²) in [5, 5.41) is 0. The molecule has 18 heavy (non-hydrogen) atoms. The number of hydrogen-bond donors (Lipinski definition) is 0. The molecule has 0 bridgehead atoms. The number of benzene rings is 1. The fraction of sp³-hybridized carbons (Fsp3) is 0.312. The minimum atomic E-state index is 0.118. The molecule has 2 rings (SSSR count). The van der Waals surface area contributed by atoms with Gasteiger partial charge in [0, 0.05) is 18.3 Å². The van der Waals surface area contributed by atoms with E-state index in [1.807, 2.05) is 49.7 Å². The van der Waals surface area contributed by atoms with Gasteiger partial charge in [-0.3, -0.25) is 4.79 Å². The molecule has 0 unspecified atom stereocenters. The molecule has 2 heteroatoms. The normalized spacial score (nSPS) is 10.7. The van der Waals surface area contributed by atoms with Crippen LogP contribution < -0.4 is 0 Å². The van der Waals surface area contributed by atoms with Gasteiger partial charge in [0.25, 0.3) is 0 Å². The predicted octanol–water partition coefficient (Wildman–Crippen LogP) is 3.44. The number of rotatable bonds is 3. The predicted molar refractivity (Wildman–Crippen MR) is 74.1 cm³/mol. The van der Waals surface area contributed by atoms with E-state index >= 15 is 0 Å². The average molecular weight is 241 g/mol. The molecule has 1 aromatic heterocycles. The van der Waals surface area contributed by atoms with Crippen LogP contribution in [0.5, 0.6) is 0 Å². The van der Waals surface area contributed by atoms with Gasteiger partial charge < -0.3 is 4.57 Å². The van der Waals surface area contributed by atoms with Crippen molar-refractivity contribution in [2.45, 2.75) is 27.2 Å². The van der Waals surface area contributed by atoms with E-state index < -0.39 is 0 Å². The Hall–Kier alpha value is -1.83. The lowest BCUT2D eigenvalue weighted by Crippen LogP contribution is -2.11. The summed E-state index contributed by atoms with van der Waals surface area (Å²) >= 11 is 0. The molecule has 0 atom stereocenters. The van der Waals surface area contributed by atoms with Crippen molar-refractivity contribution in [2.24, 2.45) is 7.05 Å². The van der Waals surface area contributed by atoms with Crippen molar-refractivity contribution in [1.29, 1.82) is 0 Å². The SMILES string of the molecule is CCc1cc(C)c(C(=O)c2ccccc2C)n1C. The topological polar surface area (TPSA) is 22.0 Å². The summed E-state index contributed by atoms with van der Waals surface area (Å²) < 4.78 is 2.02. The molecule has 0 spiro atoms. The van der Waals surface area contributed by atoms with Crippen molar-refractivity contribution >= 4 is 5.78 Å². The van der Waals surface area contributed by atoms with Gasteiger partial charge in [-0.2, -0.15) is 0 Å². The summed E-state index contributed by atoms with van der Waals surface area (Å²) in [6.07, 6.45) is 0.943. The standard InChI is InChI=1S/C16H19NO/c1-5-13-10-12(3)15(17(13)4)16(18)14-9-7-6-8-11(14)2/h6-10H,5H2,1-4H3. The Bertz CT molecular complexity index is 593. The van der Waals surface area contributed by atoms with E-state index in [1.165, 1.54) is 5.69 Å². The number of carbonyl (C=O) groups excluding carboxylic acids is 1. The molecule has 0 aliphatic heterocycles. The lowest BCUT2D eigenvalue weighted by Gasteiger charge is -2.08. The summed E-state index contributed by atoms with van der Waals surface area (Å²) in [5.74, 6) is 0.118. The smallest absolute Gasteiger partial charge is 0.209 e. The van der Waals surface area contributed by atoms with Crippen molar-refractivity contribution in [3.8, 4) is 0 Å². The molecule has 0 aliphatic rings. The third-order valence-electron chi connectivity index (χ3n) is 3.49. The van der Waals surface area contributed by atoms with E-state index in [9.17, 15) is 4.79 Å².